The van der Waals surface area contributed by atoms with Crippen LogP contribution in [0.4, 0.5) is 8.78 Å². The lowest BCUT2D eigenvalue weighted by Crippen LogP contribution is -2.10. The van der Waals surface area contributed by atoms with E-state index in [0.717, 1.165) is 0 Å². The smallest absolute Gasteiger partial charge is 0.207 e. The lowest BCUT2D eigenvalue weighted by Gasteiger charge is -2.08. The molecule has 0 aromatic carbocycles. The van der Waals surface area contributed by atoms with E-state index in [4.69, 9.17) is 0 Å². The van der Waals surface area contributed by atoms with Crippen molar-refractivity contribution in [2.24, 2.45) is 0 Å². The molecule has 0 amide bonds. The minimum absolute atomic E-state index is 0.0382. The molecule has 2 heteroatoms. The first kappa shape index (κ1) is 13.4. The van der Waals surface area contributed by atoms with Crippen LogP contribution in [-0.2, 0) is 0 Å². The van der Waals surface area contributed by atoms with E-state index >= 15 is 0 Å². The van der Waals surface area contributed by atoms with Crippen LogP contribution in [0.2, 0.25) is 0 Å². The minimum Gasteiger partial charge on any atom is -0.207 e. The third-order valence-electron chi connectivity index (χ3n) is 1.53. The number of hydrogen-bond donors (Lipinski definition) is 0. The van der Waals surface area contributed by atoms with Crippen molar-refractivity contribution in [2.75, 3.05) is 0 Å². The van der Waals surface area contributed by atoms with Crippen LogP contribution in [0.15, 0.2) is 0 Å². The lowest BCUT2D eigenvalue weighted by molar-refractivity contribution is -0.00646. The Labute approximate surface area is 69.0 Å². The maximum Gasteiger partial charge on any atom is 0.247 e. The molecule has 0 saturated heterocycles. The molecule has 0 aliphatic rings. The highest BCUT2D eigenvalue weighted by molar-refractivity contribution is 4.57. The largest absolute Gasteiger partial charge is 0.247 e. The summed E-state index contributed by atoms with van der Waals surface area (Å²) in [5, 5.41) is 0. The van der Waals surface area contributed by atoms with Crippen molar-refractivity contribution in [3.05, 3.63) is 0 Å². The van der Waals surface area contributed by atoms with Crippen molar-refractivity contribution in [1.82, 2.24) is 0 Å². The van der Waals surface area contributed by atoms with Crippen LogP contribution in [0.3, 0.4) is 0 Å². The number of alkyl halides is 2. The summed E-state index contributed by atoms with van der Waals surface area (Å²) in [4.78, 5) is 0. The van der Waals surface area contributed by atoms with Crippen LogP contribution >= 0.6 is 0 Å². The molecule has 0 rings (SSSR count). The van der Waals surface area contributed by atoms with Crippen LogP contribution in [0.1, 0.15) is 53.4 Å². The highest BCUT2D eigenvalue weighted by atomic mass is 19.3. The van der Waals surface area contributed by atoms with Crippen LogP contribution in [0.5, 0.6) is 0 Å². The summed E-state index contributed by atoms with van der Waals surface area (Å²) in [7, 11) is 0. The molecule has 70 valence electrons. The number of hydrogen-bond acceptors (Lipinski definition) is 0. The maximum absolute atomic E-state index is 11.9. The molecule has 0 saturated carbocycles. The van der Waals surface area contributed by atoms with Gasteiger partial charge in [0.2, 0.25) is 5.92 Å². The van der Waals surface area contributed by atoms with Crippen LogP contribution in [0, 0.1) is 0 Å². The minimum atomic E-state index is -2.42. The number of rotatable bonds is 3. The molecule has 0 aliphatic heterocycles. The molecule has 0 aromatic heterocycles. The summed E-state index contributed by atoms with van der Waals surface area (Å²) in [6, 6.07) is 0. The summed E-state index contributed by atoms with van der Waals surface area (Å²) in [6.45, 7) is 7.34. The van der Waals surface area contributed by atoms with E-state index in [1.54, 1.807) is 0 Å². The number of unbranched alkanes of at least 4 members (excludes halogenated alkanes) is 1. The van der Waals surface area contributed by atoms with E-state index in [2.05, 4.69) is 13.8 Å². The standard InChI is InChI=1S/C5H10F2.C4H10/c1-3-5(6,7)4-2;1-3-4-2/h3-4H2,1-2H3;3-4H2,1-2H3. The summed E-state index contributed by atoms with van der Waals surface area (Å²) in [5.41, 5.74) is 0. The first-order valence-corrected chi connectivity index (χ1v) is 4.41. The van der Waals surface area contributed by atoms with Gasteiger partial charge in [0.1, 0.15) is 0 Å². The Bertz CT molecular complexity index is 62.0. The van der Waals surface area contributed by atoms with Crippen molar-refractivity contribution >= 4 is 0 Å². The van der Waals surface area contributed by atoms with Gasteiger partial charge in [-0.25, -0.2) is 8.78 Å². The predicted molar refractivity (Wildman–Crippen MR) is 46.1 cm³/mol. The predicted octanol–water partition coefficient (Wildman–Crippen LogP) is 4.25. The molecule has 11 heavy (non-hydrogen) atoms. The van der Waals surface area contributed by atoms with Gasteiger partial charge in [-0.2, -0.15) is 0 Å². The van der Waals surface area contributed by atoms with Crippen molar-refractivity contribution in [2.45, 2.75) is 59.3 Å². The molecule has 0 aliphatic carbocycles. The number of halogens is 2. The fourth-order valence-electron chi connectivity index (χ4n) is 0.250. The molecular weight excluding hydrogens is 146 g/mol. The molecule has 0 N–H and O–H groups in total. The van der Waals surface area contributed by atoms with Gasteiger partial charge in [-0.1, -0.05) is 40.5 Å². The maximum atomic E-state index is 11.9. The van der Waals surface area contributed by atoms with Crippen LogP contribution in [-0.4, -0.2) is 5.92 Å². The quantitative estimate of drug-likeness (QED) is 0.588. The highest BCUT2D eigenvalue weighted by Crippen LogP contribution is 2.20. The third-order valence-corrected chi connectivity index (χ3v) is 1.53. The van der Waals surface area contributed by atoms with Gasteiger partial charge in [0.05, 0.1) is 0 Å². The average Bonchev–Trinajstić information content (AvgIpc) is 2.05. The van der Waals surface area contributed by atoms with Gasteiger partial charge in [-0.15, -0.1) is 0 Å². The molecule has 0 nitrogen and oxygen atoms in total. The first-order chi connectivity index (χ1) is 5.04. The SMILES string of the molecule is CCC(F)(F)CC.CCCC. The van der Waals surface area contributed by atoms with Crippen molar-refractivity contribution in [1.29, 1.82) is 0 Å². The average molecular weight is 166 g/mol. The monoisotopic (exact) mass is 166 g/mol. The molecule has 0 fully saturated rings. The topological polar surface area (TPSA) is 0 Å². The second kappa shape index (κ2) is 7.96. The van der Waals surface area contributed by atoms with Gasteiger partial charge in [-0.05, 0) is 0 Å². The van der Waals surface area contributed by atoms with E-state index in [0.29, 0.717) is 0 Å². The van der Waals surface area contributed by atoms with Crippen molar-refractivity contribution in [3.63, 3.8) is 0 Å². The Morgan fingerprint density at radius 3 is 1.09 bits per heavy atom. The molecular formula is C9H20F2. The van der Waals surface area contributed by atoms with Gasteiger partial charge in [0.25, 0.3) is 0 Å². The van der Waals surface area contributed by atoms with Gasteiger partial charge in [0, 0.05) is 12.8 Å². The Kier molecular flexibility index (Phi) is 9.73. The lowest BCUT2D eigenvalue weighted by atomic mass is 10.2. The summed E-state index contributed by atoms with van der Waals surface area (Å²) in [6.07, 6.45) is 2.56. The summed E-state index contributed by atoms with van der Waals surface area (Å²) < 4.78 is 23.8. The van der Waals surface area contributed by atoms with Crippen molar-refractivity contribution in [3.8, 4) is 0 Å². The molecule has 0 unspecified atom stereocenters. The van der Waals surface area contributed by atoms with Gasteiger partial charge in [-0.3, -0.25) is 0 Å². The normalized spacial score (nSPS) is 10.4. The van der Waals surface area contributed by atoms with Gasteiger partial charge in [0.15, 0.2) is 0 Å². The first-order valence-electron chi connectivity index (χ1n) is 4.41. The zero-order chi connectivity index (χ0) is 9.33. The van der Waals surface area contributed by atoms with Gasteiger partial charge < -0.3 is 0 Å². The fourth-order valence-corrected chi connectivity index (χ4v) is 0.250. The van der Waals surface area contributed by atoms with E-state index in [-0.39, 0.29) is 12.8 Å². The Morgan fingerprint density at radius 2 is 1.09 bits per heavy atom. The van der Waals surface area contributed by atoms with Gasteiger partial charge >= 0.3 is 0 Å². The molecule has 0 heterocycles. The zero-order valence-electron chi connectivity index (χ0n) is 8.08. The van der Waals surface area contributed by atoms with Crippen molar-refractivity contribution < 1.29 is 8.78 Å². The molecule has 0 aromatic rings. The highest BCUT2D eigenvalue weighted by Gasteiger charge is 2.21. The van der Waals surface area contributed by atoms with Crippen LogP contribution < -0.4 is 0 Å². The Morgan fingerprint density at radius 1 is 0.818 bits per heavy atom. The second-order valence-electron chi connectivity index (χ2n) is 2.56. The fraction of sp³-hybridized carbons (Fsp3) is 1.00. The van der Waals surface area contributed by atoms with E-state index in [1.165, 1.54) is 26.7 Å². The molecule has 0 bridgehead atoms. The molecule has 0 spiro atoms. The summed E-state index contributed by atoms with van der Waals surface area (Å²) >= 11 is 0. The second-order valence-corrected chi connectivity index (χ2v) is 2.56. The summed E-state index contributed by atoms with van der Waals surface area (Å²) in [5.74, 6) is -2.42. The van der Waals surface area contributed by atoms with E-state index in [9.17, 15) is 8.78 Å². The van der Waals surface area contributed by atoms with E-state index < -0.39 is 5.92 Å². The third kappa shape index (κ3) is 12.9. The van der Waals surface area contributed by atoms with E-state index in [1.807, 2.05) is 0 Å². The Balaban J connectivity index is 0. The van der Waals surface area contributed by atoms with Crippen LogP contribution in [0.25, 0.3) is 0 Å². The molecule has 0 radical (unpaired) electrons. The molecule has 0 atom stereocenters. The zero-order valence-corrected chi connectivity index (χ0v) is 8.08. The Hall–Kier alpha value is -0.140.